The van der Waals surface area contributed by atoms with E-state index < -0.39 is 0 Å². The molecule has 0 bridgehead atoms. The van der Waals surface area contributed by atoms with E-state index in [1.165, 1.54) is 38.0 Å². The maximum Gasteiger partial charge on any atom is 0.123 e. The van der Waals surface area contributed by atoms with Gasteiger partial charge in [-0.2, -0.15) is 0 Å². The van der Waals surface area contributed by atoms with Crippen molar-refractivity contribution in [3.8, 4) is 5.75 Å². The van der Waals surface area contributed by atoms with Crippen molar-refractivity contribution in [3.63, 3.8) is 0 Å². The Bertz CT molecular complexity index is 448. The van der Waals surface area contributed by atoms with Gasteiger partial charge >= 0.3 is 0 Å². The summed E-state index contributed by atoms with van der Waals surface area (Å²) in [6.45, 7) is 9.90. The third-order valence-corrected chi connectivity index (χ3v) is 4.71. The van der Waals surface area contributed by atoms with Crippen molar-refractivity contribution in [1.29, 1.82) is 0 Å². The van der Waals surface area contributed by atoms with Crippen LogP contribution >= 0.6 is 0 Å². The summed E-state index contributed by atoms with van der Waals surface area (Å²) >= 11 is 0. The van der Waals surface area contributed by atoms with Gasteiger partial charge < -0.3 is 4.74 Å². The Kier molecular flexibility index (Phi) is 4.27. The van der Waals surface area contributed by atoms with Crippen molar-refractivity contribution in [2.75, 3.05) is 26.2 Å². The first-order valence-electron chi connectivity index (χ1n) is 7.96. The Morgan fingerprint density at radius 2 is 2.10 bits per heavy atom. The second-order valence-corrected chi connectivity index (χ2v) is 6.11. The fourth-order valence-electron chi connectivity index (χ4n) is 3.62. The monoisotopic (exact) mass is 274 g/mol. The summed E-state index contributed by atoms with van der Waals surface area (Å²) in [6.07, 6.45) is 2.75. The van der Waals surface area contributed by atoms with Crippen molar-refractivity contribution in [2.45, 2.75) is 45.3 Å². The molecular formula is C17H26N2O. The van der Waals surface area contributed by atoms with E-state index in [4.69, 9.17) is 4.74 Å². The van der Waals surface area contributed by atoms with Crippen LogP contribution in [0.4, 0.5) is 0 Å². The molecule has 2 atom stereocenters. The topological polar surface area (TPSA) is 15.7 Å². The third-order valence-electron chi connectivity index (χ3n) is 4.71. The Hall–Kier alpha value is -1.06. The van der Waals surface area contributed by atoms with Crippen LogP contribution in [-0.2, 0) is 6.54 Å². The molecule has 20 heavy (non-hydrogen) atoms. The van der Waals surface area contributed by atoms with Crippen LogP contribution in [0.2, 0.25) is 0 Å². The number of ether oxygens (including phenoxy) is 1. The maximum absolute atomic E-state index is 5.76. The summed E-state index contributed by atoms with van der Waals surface area (Å²) in [5.74, 6) is 1.05. The molecule has 2 saturated heterocycles. The van der Waals surface area contributed by atoms with Gasteiger partial charge in [-0.25, -0.2) is 0 Å². The first kappa shape index (κ1) is 13.9. The highest BCUT2D eigenvalue weighted by Crippen LogP contribution is 2.27. The van der Waals surface area contributed by atoms with E-state index in [1.54, 1.807) is 0 Å². The summed E-state index contributed by atoms with van der Waals surface area (Å²) in [7, 11) is 0. The number of nitrogens with zero attached hydrogens (tertiary/aromatic N) is 2. The normalized spacial score (nSPS) is 27.5. The van der Waals surface area contributed by atoms with Crippen molar-refractivity contribution in [3.05, 3.63) is 29.8 Å². The molecule has 2 fully saturated rings. The number of fused-ring (bicyclic) bond motifs is 1. The van der Waals surface area contributed by atoms with Crippen molar-refractivity contribution in [2.24, 2.45) is 0 Å². The molecule has 3 rings (SSSR count). The molecule has 110 valence electrons. The minimum absolute atomic E-state index is 0.638. The van der Waals surface area contributed by atoms with Gasteiger partial charge in [-0.3, -0.25) is 9.80 Å². The molecule has 2 aliphatic heterocycles. The molecule has 0 unspecified atom stereocenters. The molecule has 0 aromatic heterocycles. The van der Waals surface area contributed by atoms with E-state index in [1.807, 2.05) is 0 Å². The lowest BCUT2D eigenvalue weighted by Crippen LogP contribution is -2.54. The summed E-state index contributed by atoms with van der Waals surface area (Å²) < 4.78 is 5.76. The van der Waals surface area contributed by atoms with Gasteiger partial charge in [-0.05, 0) is 39.3 Å². The standard InChI is InChI=1S/C17H26N2O/c1-3-20-17-9-5-4-7-15(17)12-19-13-16-8-6-10-18(16)11-14(19)2/h4-5,7,9,14,16H,3,6,8,10-13H2,1-2H3/t14-,16-/m0/s1. The van der Waals surface area contributed by atoms with E-state index in [-0.39, 0.29) is 0 Å². The second kappa shape index (κ2) is 6.15. The van der Waals surface area contributed by atoms with Gasteiger partial charge in [0.2, 0.25) is 0 Å². The minimum Gasteiger partial charge on any atom is -0.494 e. The van der Waals surface area contributed by atoms with Crippen LogP contribution in [-0.4, -0.2) is 48.1 Å². The molecule has 2 aliphatic rings. The zero-order chi connectivity index (χ0) is 13.9. The quantitative estimate of drug-likeness (QED) is 0.839. The van der Waals surface area contributed by atoms with Crippen LogP contribution in [0.25, 0.3) is 0 Å². The predicted octanol–water partition coefficient (Wildman–Crippen LogP) is 2.75. The first-order valence-corrected chi connectivity index (χ1v) is 7.96. The lowest BCUT2D eigenvalue weighted by molar-refractivity contribution is 0.0534. The number of hydrogen-bond acceptors (Lipinski definition) is 3. The molecule has 1 aromatic rings. The molecule has 1 aromatic carbocycles. The fourth-order valence-corrected chi connectivity index (χ4v) is 3.62. The van der Waals surface area contributed by atoms with Crippen LogP contribution in [0.1, 0.15) is 32.3 Å². The minimum atomic E-state index is 0.638. The predicted molar refractivity (Wildman–Crippen MR) is 82.1 cm³/mol. The highest BCUT2D eigenvalue weighted by molar-refractivity contribution is 5.33. The summed E-state index contributed by atoms with van der Waals surface area (Å²) in [5, 5.41) is 0. The van der Waals surface area contributed by atoms with Gasteiger partial charge in [-0.1, -0.05) is 18.2 Å². The summed E-state index contributed by atoms with van der Waals surface area (Å²) in [5.41, 5.74) is 1.33. The zero-order valence-electron chi connectivity index (χ0n) is 12.7. The van der Waals surface area contributed by atoms with E-state index >= 15 is 0 Å². The molecule has 0 radical (unpaired) electrons. The lowest BCUT2D eigenvalue weighted by Gasteiger charge is -2.42. The number of para-hydroxylation sites is 1. The van der Waals surface area contributed by atoms with Crippen LogP contribution < -0.4 is 4.74 Å². The molecule has 0 amide bonds. The fraction of sp³-hybridized carbons (Fsp3) is 0.647. The molecule has 3 heteroatoms. The maximum atomic E-state index is 5.76. The van der Waals surface area contributed by atoms with Gasteiger partial charge in [0.15, 0.2) is 0 Å². The highest BCUT2D eigenvalue weighted by atomic mass is 16.5. The average Bonchev–Trinajstić information content (AvgIpc) is 2.88. The molecule has 0 spiro atoms. The van der Waals surface area contributed by atoms with Crippen LogP contribution in [0.15, 0.2) is 24.3 Å². The molecule has 0 aliphatic carbocycles. The van der Waals surface area contributed by atoms with Crippen LogP contribution in [0.3, 0.4) is 0 Å². The average molecular weight is 274 g/mol. The van der Waals surface area contributed by atoms with Gasteiger partial charge in [-0.15, -0.1) is 0 Å². The molecule has 0 saturated carbocycles. The van der Waals surface area contributed by atoms with E-state index in [2.05, 4.69) is 47.9 Å². The molecular weight excluding hydrogens is 248 g/mol. The van der Waals surface area contributed by atoms with E-state index in [0.717, 1.165) is 24.9 Å². The van der Waals surface area contributed by atoms with Gasteiger partial charge in [0.25, 0.3) is 0 Å². The SMILES string of the molecule is CCOc1ccccc1CN1C[C@@H]2CCCN2C[C@@H]1C. The van der Waals surface area contributed by atoms with Crippen molar-refractivity contribution < 1.29 is 4.74 Å². The molecule has 2 heterocycles. The second-order valence-electron chi connectivity index (χ2n) is 6.11. The lowest BCUT2D eigenvalue weighted by atomic mass is 10.1. The van der Waals surface area contributed by atoms with Crippen LogP contribution in [0.5, 0.6) is 5.75 Å². The molecule has 3 nitrogen and oxygen atoms in total. The third kappa shape index (κ3) is 2.84. The zero-order valence-corrected chi connectivity index (χ0v) is 12.7. The van der Waals surface area contributed by atoms with Crippen molar-refractivity contribution >= 4 is 0 Å². The first-order chi connectivity index (χ1) is 9.78. The van der Waals surface area contributed by atoms with Crippen LogP contribution in [0, 0.1) is 0 Å². The Balaban J connectivity index is 1.70. The van der Waals surface area contributed by atoms with E-state index in [0.29, 0.717) is 6.04 Å². The Labute approximate surface area is 122 Å². The molecule has 0 N–H and O–H groups in total. The van der Waals surface area contributed by atoms with Gasteiger partial charge in [0.05, 0.1) is 6.61 Å². The van der Waals surface area contributed by atoms with E-state index in [9.17, 15) is 0 Å². The number of piperazine rings is 1. The number of benzene rings is 1. The highest BCUT2D eigenvalue weighted by Gasteiger charge is 2.34. The van der Waals surface area contributed by atoms with Crippen molar-refractivity contribution in [1.82, 2.24) is 9.80 Å². The smallest absolute Gasteiger partial charge is 0.123 e. The largest absolute Gasteiger partial charge is 0.494 e. The van der Waals surface area contributed by atoms with Gasteiger partial charge in [0, 0.05) is 37.3 Å². The van der Waals surface area contributed by atoms with Gasteiger partial charge in [0.1, 0.15) is 5.75 Å². The Morgan fingerprint density at radius 3 is 2.95 bits per heavy atom. The number of hydrogen-bond donors (Lipinski definition) is 0. The number of rotatable bonds is 4. The summed E-state index contributed by atoms with van der Waals surface area (Å²) in [4.78, 5) is 5.31. The Morgan fingerprint density at radius 1 is 1.25 bits per heavy atom. The summed E-state index contributed by atoms with van der Waals surface area (Å²) in [6, 6.07) is 9.90.